The van der Waals surface area contributed by atoms with Gasteiger partial charge < -0.3 is 15.4 Å². The molecule has 1 aliphatic rings. The molecule has 0 amide bonds. The van der Waals surface area contributed by atoms with Crippen LogP contribution >= 0.6 is 12.4 Å². The molecule has 0 radical (unpaired) electrons. The zero-order chi connectivity index (χ0) is 28.9. The number of fused-ring (bicyclic) bond motifs is 1. The summed E-state index contributed by atoms with van der Waals surface area (Å²) in [6.07, 6.45) is 8.72. The number of aryl methyl sites for hydroxylation is 1. The van der Waals surface area contributed by atoms with Gasteiger partial charge in [-0.15, -0.1) is 12.4 Å². The van der Waals surface area contributed by atoms with Gasteiger partial charge in [-0.3, -0.25) is 9.71 Å². The summed E-state index contributed by atoms with van der Waals surface area (Å²) in [6, 6.07) is 18.6. The van der Waals surface area contributed by atoms with Crippen LogP contribution in [0.5, 0.6) is 11.6 Å². The Kier molecular flexibility index (Phi) is 9.34. The number of aromatic nitrogens is 4. The second-order valence-electron chi connectivity index (χ2n) is 10.2. The van der Waals surface area contributed by atoms with Crippen molar-refractivity contribution in [2.24, 2.45) is 0 Å². The molecule has 12 heteroatoms. The van der Waals surface area contributed by atoms with E-state index < -0.39 is 10.0 Å². The molecule has 43 heavy (non-hydrogen) atoms. The van der Waals surface area contributed by atoms with E-state index in [-0.39, 0.29) is 24.2 Å². The number of anilines is 2. The summed E-state index contributed by atoms with van der Waals surface area (Å²) in [5.41, 5.74) is 3.34. The van der Waals surface area contributed by atoms with Crippen molar-refractivity contribution in [1.82, 2.24) is 25.3 Å². The number of piperidine rings is 1. The van der Waals surface area contributed by atoms with Gasteiger partial charge in [-0.1, -0.05) is 30.3 Å². The first kappa shape index (κ1) is 30.1. The molecule has 1 atom stereocenters. The summed E-state index contributed by atoms with van der Waals surface area (Å²) in [7, 11) is -3.69. The number of sulfonamides is 1. The molecular weight excluding hydrogens is 586 g/mol. The first-order chi connectivity index (χ1) is 20.4. The Labute approximate surface area is 256 Å². The fourth-order valence-corrected chi connectivity index (χ4v) is 6.26. The quantitative estimate of drug-likeness (QED) is 0.190. The molecule has 0 aliphatic carbocycles. The van der Waals surface area contributed by atoms with Crippen LogP contribution in [-0.4, -0.2) is 47.5 Å². The fraction of sp³-hybridized carbons (Fsp3) is 0.226. The van der Waals surface area contributed by atoms with E-state index >= 15 is 0 Å². The van der Waals surface area contributed by atoms with Crippen LogP contribution in [0.25, 0.3) is 22.0 Å². The molecule has 10 nitrogen and oxygen atoms in total. The van der Waals surface area contributed by atoms with Gasteiger partial charge in [0.2, 0.25) is 21.9 Å². The van der Waals surface area contributed by atoms with Crippen LogP contribution in [-0.2, 0) is 15.8 Å². The smallest absolute Gasteiger partial charge is 0.236 e. The molecular formula is C31H32ClN7O3S. The molecule has 1 aliphatic heterocycles. The lowest BCUT2D eigenvalue weighted by molar-refractivity contribution is 0.466. The highest BCUT2D eigenvalue weighted by Crippen LogP contribution is 2.39. The number of pyridine rings is 2. The molecule has 222 valence electrons. The molecule has 6 rings (SSSR count). The summed E-state index contributed by atoms with van der Waals surface area (Å²) in [5, 5.41) is 8.29. The Morgan fingerprint density at radius 3 is 2.67 bits per heavy atom. The minimum Gasteiger partial charge on any atom is -0.437 e. The van der Waals surface area contributed by atoms with Gasteiger partial charge >= 0.3 is 0 Å². The van der Waals surface area contributed by atoms with E-state index in [1.807, 2.05) is 43.3 Å². The highest BCUT2D eigenvalue weighted by atomic mass is 35.5. The zero-order valence-electron chi connectivity index (χ0n) is 23.5. The standard InChI is InChI=1S/C31H31N7O3S.ClH/c1-21-11-12-24-25(8-2-10-28(24)38-42(39,40)20-22-6-3-14-32-18-22)29(21)41-30-26(9-5-16-34-30)27-13-17-35-31(37-27)36-23-7-4-15-33-19-23;/h2-3,5-6,8-14,16-18,23,33,38H,4,7,15,19-20H2,1H3,(H,35,36,37);1H/t23-;/m0./s1. The van der Waals surface area contributed by atoms with Crippen molar-refractivity contribution in [3.63, 3.8) is 0 Å². The molecule has 3 aromatic heterocycles. The van der Waals surface area contributed by atoms with Crippen LogP contribution in [0, 0.1) is 6.92 Å². The van der Waals surface area contributed by atoms with Crippen LogP contribution in [0.1, 0.15) is 24.0 Å². The lowest BCUT2D eigenvalue weighted by atomic mass is 10.0. The van der Waals surface area contributed by atoms with Crippen molar-refractivity contribution in [2.75, 3.05) is 23.1 Å². The number of hydrogen-bond acceptors (Lipinski definition) is 9. The van der Waals surface area contributed by atoms with Crippen molar-refractivity contribution < 1.29 is 13.2 Å². The highest BCUT2D eigenvalue weighted by Gasteiger charge is 2.19. The molecule has 2 aromatic carbocycles. The molecule has 0 unspecified atom stereocenters. The third kappa shape index (κ3) is 7.19. The van der Waals surface area contributed by atoms with E-state index in [1.165, 1.54) is 0 Å². The third-order valence-electron chi connectivity index (χ3n) is 7.09. The van der Waals surface area contributed by atoms with Gasteiger partial charge in [0.15, 0.2) is 0 Å². The summed E-state index contributed by atoms with van der Waals surface area (Å²) >= 11 is 0. The molecule has 0 bridgehead atoms. The van der Waals surface area contributed by atoms with Crippen LogP contribution in [0.3, 0.4) is 0 Å². The van der Waals surface area contributed by atoms with Crippen molar-refractivity contribution in [3.05, 3.63) is 96.6 Å². The molecule has 1 fully saturated rings. The van der Waals surface area contributed by atoms with E-state index in [4.69, 9.17) is 9.72 Å². The molecule has 4 heterocycles. The van der Waals surface area contributed by atoms with Crippen LogP contribution in [0.4, 0.5) is 11.6 Å². The molecule has 0 spiro atoms. The average molecular weight is 618 g/mol. The maximum atomic E-state index is 13.0. The van der Waals surface area contributed by atoms with Gasteiger partial charge in [-0.2, -0.15) is 0 Å². The topological polar surface area (TPSA) is 131 Å². The number of halogens is 1. The molecule has 1 saturated heterocycles. The van der Waals surface area contributed by atoms with Gasteiger partial charge in [0, 0.05) is 48.1 Å². The second kappa shape index (κ2) is 13.3. The number of hydrogen-bond donors (Lipinski definition) is 3. The number of nitrogens with zero attached hydrogens (tertiary/aromatic N) is 4. The van der Waals surface area contributed by atoms with Crippen LogP contribution in [0.15, 0.2) is 85.5 Å². The highest BCUT2D eigenvalue weighted by molar-refractivity contribution is 7.91. The summed E-state index contributed by atoms with van der Waals surface area (Å²) in [4.78, 5) is 17.7. The van der Waals surface area contributed by atoms with Gasteiger partial charge in [0.05, 0.1) is 22.7 Å². The van der Waals surface area contributed by atoms with Crippen LogP contribution in [0.2, 0.25) is 0 Å². The van der Waals surface area contributed by atoms with Gasteiger partial charge in [0.25, 0.3) is 0 Å². The maximum Gasteiger partial charge on any atom is 0.236 e. The molecule has 5 aromatic rings. The third-order valence-corrected chi connectivity index (χ3v) is 8.33. The Morgan fingerprint density at radius 2 is 1.86 bits per heavy atom. The van der Waals surface area contributed by atoms with E-state index in [0.717, 1.165) is 42.4 Å². The predicted octanol–water partition coefficient (Wildman–Crippen LogP) is 5.72. The van der Waals surface area contributed by atoms with E-state index in [2.05, 4.69) is 30.3 Å². The molecule has 3 N–H and O–H groups in total. The maximum absolute atomic E-state index is 13.0. The normalized spacial score (nSPS) is 15.0. The zero-order valence-corrected chi connectivity index (χ0v) is 25.2. The summed E-state index contributed by atoms with van der Waals surface area (Å²) < 4.78 is 35.3. The van der Waals surface area contributed by atoms with Crippen molar-refractivity contribution in [1.29, 1.82) is 0 Å². The van der Waals surface area contributed by atoms with Gasteiger partial charge in [-0.05, 0) is 67.8 Å². The van der Waals surface area contributed by atoms with Gasteiger partial charge in [-0.25, -0.2) is 23.4 Å². The monoisotopic (exact) mass is 617 g/mol. The number of nitrogens with one attached hydrogen (secondary N) is 3. The Balaban J connectivity index is 0.00000368. The first-order valence-electron chi connectivity index (χ1n) is 13.8. The minimum atomic E-state index is -3.69. The van der Waals surface area contributed by atoms with Crippen molar-refractivity contribution in [2.45, 2.75) is 31.6 Å². The van der Waals surface area contributed by atoms with Crippen molar-refractivity contribution in [3.8, 4) is 22.9 Å². The Morgan fingerprint density at radius 1 is 0.977 bits per heavy atom. The second-order valence-corrected chi connectivity index (χ2v) is 12.0. The van der Waals surface area contributed by atoms with E-state index in [9.17, 15) is 8.42 Å². The number of benzene rings is 2. The van der Waals surface area contributed by atoms with E-state index in [1.54, 1.807) is 49.1 Å². The lowest BCUT2D eigenvalue weighted by Crippen LogP contribution is -2.38. The largest absolute Gasteiger partial charge is 0.437 e. The number of ether oxygens (including phenoxy) is 1. The number of rotatable bonds is 9. The lowest BCUT2D eigenvalue weighted by Gasteiger charge is -2.23. The fourth-order valence-electron chi connectivity index (χ4n) is 5.07. The average Bonchev–Trinajstić information content (AvgIpc) is 3.00. The predicted molar refractivity (Wildman–Crippen MR) is 171 cm³/mol. The first-order valence-corrected chi connectivity index (χ1v) is 15.5. The Hall–Kier alpha value is -4.32. The van der Waals surface area contributed by atoms with Crippen molar-refractivity contribution >= 4 is 44.8 Å². The summed E-state index contributed by atoms with van der Waals surface area (Å²) in [6.45, 7) is 3.85. The Bertz CT molecular complexity index is 1820. The van der Waals surface area contributed by atoms with Crippen LogP contribution < -0.4 is 20.1 Å². The SMILES string of the molecule is Cc1ccc2c(NS(=O)(=O)Cc3cccnc3)cccc2c1Oc1ncccc1-c1ccnc(N[C@H]2CCCNC2)n1.Cl. The summed E-state index contributed by atoms with van der Waals surface area (Å²) in [5.74, 6) is 1.35. The van der Waals surface area contributed by atoms with E-state index in [0.29, 0.717) is 39.9 Å². The minimum absolute atomic E-state index is 0. The molecule has 0 saturated carbocycles. The van der Waals surface area contributed by atoms with Gasteiger partial charge in [0.1, 0.15) is 5.75 Å².